The summed E-state index contributed by atoms with van der Waals surface area (Å²) in [5.74, 6) is -1.33. The van der Waals surface area contributed by atoms with E-state index >= 15 is 0 Å². The molecular formula is C12H10FNO4. The number of aromatic nitrogens is 1. The molecule has 6 heteroatoms. The number of hydrogen-bond acceptors (Lipinski definition) is 4. The highest BCUT2D eigenvalue weighted by atomic mass is 19.1. The number of methoxy groups -OCH3 is 1. The van der Waals surface area contributed by atoms with Crippen molar-refractivity contribution in [2.75, 3.05) is 7.11 Å². The quantitative estimate of drug-likeness (QED) is 0.907. The van der Waals surface area contributed by atoms with E-state index in [1.807, 2.05) is 0 Å². The Bertz CT molecular complexity index is 606. The van der Waals surface area contributed by atoms with Crippen molar-refractivity contribution in [1.29, 1.82) is 0 Å². The van der Waals surface area contributed by atoms with Gasteiger partial charge in [0.15, 0.2) is 17.3 Å². The molecule has 18 heavy (non-hydrogen) atoms. The maximum absolute atomic E-state index is 13.2. The molecule has 2 rings (SSSR count). The highest BCUT2D eigenvalue weighted by Crippen LogP contribution is 2.27. The fraction of sp³-hybridized carbons (Fsp3) is 0.167. The number of rotatable bonds is 3. The summed E-state index contributed by atoms with van der Waals surface area (Å²) in [6.45, 7) is 1.50. The average Bonchev–Trinajstić information content (AvgIpc) is 2.72. The molecule has 5 nitrogen and oxygen atoms in total. The van der Waals surface area contributed by atoms with E-state index in [4.69, 9.17) is 14.3 Å². The lowest BCUT2D eigenvalue weighted by Crippen LogP contribution is -1.98. The van der Waals surface area contributed by atoms with Gasteiger partial charge in [0.2, 0.25) is 5.89 Å². The number of nitrogens with zero attached hydrogens (tertiary/aromatic N) is 1. The molecule has 1 N–H and O–H groups in total. The van der Waals surface area contributed by atoms with Crippen molar-refractivity contribution in [3.05, 3.63) is 35.5 Å². The SMILES string of the molecule is COc1cc(-c2nc(C(=O)O)c(C)o2)ccc1F. The zero-order valence-electron chi connectivity index (χ0n) is 9.73. The minimum atomic E-state index is -1.17. The predicted molar refractivity (Wildman–Crippen MR) is 60.1 cm³/mol. The van der Waals surface area contributed by atoms with Crippen LogP contribution in [0.2, 0.25) is 0 Å². The third-order valence-corrected chi connectivity index (χ3v) is 2.40. The second-order valence-corrected chi connectivity index (χ2v) is 3.58. The zero-order valence-corrected chi connectivity index (χ0v) is 9.73. The van der Waals surface area contributed by atoms with Gasteiger partial charge >= 0.3 is 5.97 Å². The minimum absolute atomic E-state index is 0.0419. The van der Waals surface area contributed by atoms with E-state index < -0.39 is 11.8 Å². The van der Waals surface area contributed by atoms with Crippen LogP contribution in [0.4, 0.5) is 4.39 Å². The first-order chi connectivity index (χ1) is 8.52. The van der Waals surface area contributed by atoms with Gasteiger partial charge < -0.3 is 14.3 Å². The zero-order chi connectivity index (χ0) is 13.3. The van der Waals surface area contributed by atoms with Gasteiger partial charge in [-0.25, -0.2) is 14.2 Å². The fourth-order valence-electron chi connectivity index (χ4n) is 1.51. The van der Waals surface area contributed by atoms with Crippen molar-refractivity contribution >= 4 is 5.97 Å². The molecule has 0 saturated heterocycles. The van der Waals surface area contributed by atoms with Crippen LogP contribution in [0.5, 0.6) is 5.75 Å². The second-order valence-electron chi connectivity index (χ2n) is 3.58. The van der Waals surface area contributed by atoms with Crippen molar-refractivity contribution in [3.63, 3.8) is 0 Å². The summed E-state index contributed by atoms with van der Waals surface area (Å²) in [6, 6.07) is 4.04. The van der Waals surface area contributed by atoms with Crippen LogP contribution in [0.3, 0.4) is 0 Å². The van der Waals surface area contributed by atoms with Crippen LogP contribution in [0.15, 0.2) is 22.6 Å². The van der Waals surface area contributed by atoms with Gasteiger partial charge in [0, 0.05) is 5.56 Å². The molecule has 0 spiro atoms. The Morgan fingerprint density at radius 1 is 1.50 bits per heavy atom. The summed E-state index contributed by atoms with van der Waals surface area (Å²) in [5.41, 5.74) is 0.289. The number of carboxylic acid groups (broad SMARTS) is 1. The Labute approximate surface area is 102 Å². The number of benzene rings is 1. The second kappa shape index (κ2) is 4.48. The predicted octanol–water partition coefficient (Wildman–Crippen LogP) is 2.50. The van der Waals surface area contributed by atoms with Gasteiger partial charge in [-0.3, -0.25) is 0 Å². The molecule has 0 atom stereocenters. The number of halogens is 1. The minimum Gasteiger partial charge on any atom is -0.494 e. The highest BCUT2D eigenvalue weighted by Gasteiger charge is 2.17. The molecule has 1 aromatic carbocycles. The standard InChI is InChI=1S/C12H10FNO4/c1-6-10(12(15)16)14-11(18-6)7-3-4-8(13)9(5-7)17-2/h3-5H,1-2H3,(H,15,16). The summed E-state index contributed by atoms with van der Waals surface area (Å²) in [5, 5.41) is 8.86. The lowest BCUT2D eigenvalue weighted by Gasteiger charge is -2.02. The molecule has 0 saturated carbocycles. The Morgan fingerprint density at radius 2 is 2.22 bits per heavy atom. The lowest BCUT2D eigenvalue weighted by atomic mass is 10.2. The Balaban J connectivity index is 2.49. The largest absolute Gasteiger partial charge is 0.494 e. The molecule has 0 unspecified atom stereocenters. The molecule has 0 aliphatic carbocycles. The number of hydrogen-bond donors (Lipinski definition) is 1. The number of carboxylic acids is 1. The summed E-state index contributed by atoms with van der Waals surface area (Å²) in [7, 11) is 1.34. The van der Waals surface area contributed by atoms with E-state index in [-0.39, 0.29) is 23.1 Å². The van der Waals surface area contributed by atoms with E-state index in [9.17, 15) is 9.18 Å². The van der Waals surface area contributed by atoms with Crippen molar-refractivity contribution in [1.82, 2.24) is 4.98 Å². The van der Waals surface area contributed by atoms with Crippen molar-refractivity contribution in [2.45, 2.75) is 6.92 Å². The molecule has 0 bridgehead atoms. The highest BCUT2D eigenvalue weighted by molar-refractivity contribution is 5.87. The maximum atomic E-state index is 13.2. The van der Waals surface area contributed by atoms with Crippen molar-refractivity contribution in [3.8, 4) is 17.2 Å². The molecule has 1 heterocycles. The van der Waals surface area contributed by atoms with Gasteiger partial charge in [-0.15, -0.1) is 0 Å². The summed E-state index contributed by atoms with van der Waals surface area (Å²) < 4.78 is 23.3. The van der Waals surface area contributed by atoms with E-state index in [1.54, 1.807) is 0 Å². The van der Waals surface area contributed by atoms with Gasteiger partial charge in [0.1, 0.15) is 5.76 Å². The number of aromatic carboxylic acids is 1. The monoisotopic (exact) mass is 251 g/mol. The smallest absolute Gasteiger partial charge is 0.358 e. The molecule has 0 aliphatic rings. The van der Waals surface area contributed by atoms with Gasteiger partial charge in [0.25, 0.3) is 0 Å². The molecule has 1 aromatic heterocycles. The van der Waals surface area contributed by atoms with Crippen molar-refractivity contribution < 1.29 is 23.4 Å². The number of aryl methyl sites for hydroxylation is 1. The van der Waals surface area contributed by atoms with E-state index in [1.165, 1.54) is 32.2 Å². The number of ether oxygens (including phenoxy) is 1. The van der Waals surface area contributed by atoms with E-state index in [0.29, 0.717) is 5.56 Å². The number of carbonyl (C=O) groups is 1. The Morgan fingerprint density at radius 3 is 2.78 bits per heavy atom. The fourth-order valence-corrected chi connectivity index (χ4v) is 1.51. The van der Waals surface area contributed by atoms with Crippen LogP contribution >= 0.6 is 0 Å². The molecular weight excluding hydrogens is 241 g/mol. The first kappa shape index (κ1) is 12.1. The van der Waals surface area contributed by atoms with E-state index in [2.05, 4.69) is 4.98 Å². The van der Waals surface area contributed by atoms with Gasteiger partial charge in [-0.1, -0.05) is 0 Å². The molecule has 0 fully saturated rings. The molecule has 0 aliphatic heterocycles. The summed E-state index contributed by atoms with van der Waals surface area (Å²) in [6.07, 6.45) is 0. The lowest BCUT2D eigenvalue weighted by molar-refractivity contribution is 0.0689. The molecule has 94 valence electrons. The van der Waals surface area contributed by atoms with Gasteiger partial charge in [-0.05, 0) is 25.1 Å². The van der Waals surface area contributed by atoms with Crippen LogP contribution in [0.1, 0.15) is 16.2 Å². The molecule has 0 radical (unpaired) electrons. The van der Waals surface area contributed by atoms with Crippen LogP contribution in [0.25, 0.3) is 11.5 Å². The maximum Gasteiger partial charge on any atom is 0.358 e. The average molecular weight is 251 g/mol. The van der Waals surface area contributed by atoms with Gasteiger partial charge in [0.05, 0.1) is 7.11 Å². The Hall–Kier alpha value is -2.37. The van der Waals surface area contributed by atoms with Crippen molar-refractivity contribution in [2.24, 2.45) is 0 Å². The molecule has 0 amide bonds. The third-order valence-electron chi connectivity index (χ3n) is 2.40. The van der Waals surface area contributed by atoms with Crippen LogP contribution in [0, 0.1) is 12.7 Å². The summed E-state index contributed by atoms with van der Waals surface area (Å²) in [4.78, 5) is 14.7. The van der Waals surface area contributed by atoms with Crippen LogP contribution in [-0.4, -0.2) is 23.2 Å². The first-order valence-corrected chi connectivity index (χ1v) is 5.07. The van der Waals surface area contributed by atoms with Crippen LogP contribution < -0.4 is 4.74 Å². The Kier molecular flexibility index (Phi) is 3.01. The normalized spacial score (nSPS) is 10.4. The van der Waals surface area contributed by atoms with Gasteiger partial charge in [-0.2, -0.15) is 0 Å². The third kappa shape index (κ3) is 2.04. The first-order valence-electron chi connectivity index (χ1n) is 5.07. The van der Waals surface area contributed by atoms with E-state index in [0.717, 1.165) is 0 Å². The van der Waals surface area contributed by atoms with Crippen LogP contribution in [-0.2, 0) is 0 Å². The topological polar surface area (TPSA) is 72.6 Å². The number of oxazole rings is 1. The summed E-state index contributed by atoms with van der Waals surface area (Å²) >= 11 is 0. The molecule has 2 aromatic rings.